The topological polar surface area (TPSA) is 12.0 Å². The molecule has 0 aromatic heterocycles. The highest BCUT2D eigenvalue weighted by Gasteiger charge is 2.07. The Balaban J connectivity index is 2.72. The minimum atomic E-state index is -0.179. The van der Waals surface area contributed by atoms with E-state index in [4.69, 9.17) is 0 Å². The molecular weight excluding hydrogens is 177 g/mol. The van der Waals surface area contributed by atoms with Gasteiger partial charge in [-0.05, 0) is 24.1 Å². The molecule has 1 nitrogen and oxygen atoms in total. The Hall–Kier alpha value is -1.15. The molecule has 0 saturated heterocycles. The van der Waals surface area contributed by atoms with Crippen molar-refractivity contribution in [3.05, 3.63) is 48.3 Å². The van der Waals surface area contributed by atoms with Crippen LogP contribution in [0, 0.1) is 5.82 Å². The Labute approximate surface area is 84.6 Å². The number of benzene rings is 1. The lowest BCUT2D eigenvalue weighted by Gasteiger charge is -2.16. The maximum Gasteiger partial charge on any atom is 0.123 e. The van der Waals surface area contributed by atoms with Gasteiger partial charge in [0.1, 0.15) is 5.82 Å². The average molecular weight is 193 g/mol. The van der Waals surface area contributed by atoms with E-state index in [2.05, 4.69) is 18.8 Å². The molecule has 0 aliphatic heterocycles. The van der Waals surface area contributed by atoms with Crippen molar-refractivity contribution in [3.63, 3.8) is 0 Å². The summed E-state index contributed by atoms with van der Waals surface area (Å²) in [5, 5.41) is 3.28. The molecule has 0 bridgehead atoms. The molecule has 0 saturated carbocycles. The first-order chi connectivity index (χ1) is 6.77. The largest absolute Gasteiger partial charge is 0.306 e. The molecule has 0 fully saturated rings. The second-order valence-electron chi connectivity index (χ2n) is 3.21. The molecule has 1 unspecified atom stereocenters. The highest BCUT2D eigenvalue weighted by atomic mass is 19.1. The highest BCUT2D eigenvalue weighted by molar-refractivity contribution is 5.20. The number of rotatable bonds is 5. The summed E-state index contributed by atoms with van der Waals surface area (Å²) >= 11 is 0. The van der Waals surface area contributed by atoms with Crippen molar-refractivity contribution in [2.24, 2.45) is 0 Å². The van der Waals surface area contributed by atoms with Crippen LogP contribution in [-0.2, 0) is 0 Å². The Bertz CT molecular complexity index is 296. The summed E-state index contributed by atoms with van der Waals surface area (Å²) in [4.78, 5) is 0. The average Bonchev–Trinajstić information content (AvgIpc) is 2.19. The van der Waals surface area contributed by atoms with Gasteiger partial charge in [-0.25, -0.2) is 4.39 Å². The first-order valence-corrected chi connectivity index (χ1v) is 4.87. The quantitative estimate of drug-likeness (QED) is 0.709. The third kappa shape index (κ3) is 2.96. The molecule has 1 aromatic carbocycles. The minimum absolute atomic E-state index is 0.179. The van der Waals surface area contributed by atoms with Crippen LogP contribution in [0.2, 0.25) is 0 Å². The normalized spacial score (nSPS) is 12.4. The van der Waals surface area contributed by atoms with Gasteiger partial charge in [-0.3, -0.25) is 0 Å². The van der Waals surface area contributed by atoms with Crippen LogP contribution in [-0.4, -0.2) is 6.54 Å². The van der Waals surface area contributed by atoms with E-state index in [1.54, 1.807) is 12.1 Å². The second kappa shape index (κ2) is 5.55. The van der Waals surface area contributed by atoms with Gasteiger partial charge in [0, 0.05) is 12.6 Å². The van der Waals surface area contributed by atoms with Gasteiger partial charge in [0.05, 0.1) is 0 Å². The third-order valence-corrected chi connectivity index (χ3v) is 2.17. The SMILES string of the molecule is C=CCNC(CC)c1cccc(F)c1. The van der Waals surface area contributed by atoms with Crippen LogP contribution in [0.5, 0.6) is 0 Å². The first kappa shape index (κ1) is 10.9. The van der Waals surface area contributed by atoms with Crippen LogP contribution < -0.4 is 5.32 Å². The molecule has 0 spiro atoms. The lowest BCUT2D eigenvalue weighted by molar-refractivity contribution is 0.544. The fourth-order valence-corrected chi connectivity index (χ4v) is 1.45. The molecule has 0 heterocycles. The predicted octanol–water partition coefficient (Wildman–Crippen LogP) is 3.05. The zero-order valence-corrected chi connectivity index (χ0v) is 8.46. The van der Waals surface area contributed by atoms with E-state index in [0.717, 1.165) is 18.5 Å². The molecule has 1 N–H and O–H groups in total. The molecule has 0 radical (unpaired) electrons. The van der Waals surface area contributed by atoms with Crippen LogP contribution >= 0.6 is 0 Å². The summed E-state index contributed by atoms with van der Waals surface area (Å²) in [6.07, 6.45) is 2.75. The lowest BCUT2D eigenvalue weighted by atomic mass is 10.0. The number of hydrogen-bond donors (Lipinski definition) is 1. The summed E-state index contributed by atoms with van der Waals surface area (Å²) in [6, 6.07) is 6.92. The fourth-order valence-electron chi connectivity index (χ4n) is 1.45. The zero-order chi connectivity index (χ0) is 10.4. The van der Waals surface area contributed by atoms with Crippen LogP contribution in [0.15, 0.2) is 36.9 Å². The van der Waals surface area contributed by atoms with Crippen molar-refractivity contribution in [3.8, 4) is 0 Å². The summed E-state index contributed by atoms with van der Waals surface area (Å²) in [5.41, 5.74) is 0.995. The molecule has 0 aliphatic carbocycles. The van der Waals surface area contributed by atoms with Gasteiger partial charge in [-0.1, -0.05) is 25.1 Å². The number of hydrogen-bond acceptors (Lipinski definition) is 1. The van der Waals surface area contributed by atoms with Gasteiger partial charge in [-0.15, -0.1) is 6.58 Å². The summed E-state index contributed by atoms with van der Waals surface area (Å²) in [7, 11) is 0. The molecule has 76 valence electrons. The van der Waals surface area contributed by atoms with Crippen molar-refractivity contribution in [2.45, 2.75) is 19.4 Å². The molecular formula is C12H16FN. The van der Waals surface area contributed by atoms with Gasteiger partial charge in [0.15, 0.2) is 0 Å². The van der Waals surface area contributed by atoms with E-state index in [9.17, 15) is 4.39 Å². The molecule has 1 aromatic rings. The minimum Gasteiger partial charge on any atom is -0.306 e. The third-order valence-electron chi connectivity index (χ3n) is 2.17. The molecule has 1 rings (SSSR count). The van der Waals surface area contributed by atoms with Crippen LogP contribution in [0.25, 0.3) is 0 Å². The highest BCUT2D eigenvalue weighted by Crippen LogP contribution is 2.16. The Morgan fingerprint density at radius 1 is 1.57 bits per heavy atom. The van der Waals surface area contributed by atoms with Gasteiger partial charge in [-0.2, -0.15) is 0 Å². The van der Waals surface area contributed by atoms with E-state index in [1.807, 2.05) is 12.1 Å². The van der Waals surface area contributed by atoms with E-state index in [0.29, 0.717) is 0 Å². The fraction of sp³-hybridized carbons (Fsp3) is 0.333. The van der Waals surface area contributed by atoms with Crippen LogP contribution in [0.4, 0.5) is 4.39 Å². The van der Waals surface area contributed by atoms with Crippen molar-refractivity contribution in [2.75, 3.05) is 6.54 Å². The Kier molecular flexibility index (Phi) is 4.33. The van der Waals surface area contributed by atoms with E-state index >= 15 is 0 Å². The smallest absolute Gasteiger partial charge is 0.123 e. The van der Waals surface area contributed by atoms with Gasteiger partial charge >= 0.3 is 0 Å². The molecule has 1 atom stereocenters. The van der Waals surface area contributed by atoms with E-state index < -0.39 is 0 Å². The molecule has 14 heavy (non-hydrogen) atoms. The van der Waals surface area contributed by atoms with Crippen LogP contribution in [0.3, 0.4) is 0 Å². The summed E-state index contributed by atoms with van der Waals surface area (Å²) in [5.74, 6) is -0.179. The molecule has 0 amide bonds. The van der Waals surface area contributed by atoms with Crippen molar-refractivity contribution >= 4 is 0 Å². The van der Waals surface area contributed by atoms with Crippen molar-refractivity contribution in [1.82, 2.24) is 5.32 Å². The first-order valence-electron chi connectivity index (χ1n) is 4.87. The Morgan fingerprint density at radius 2 is 2.36 bits per heavy atom. The van der Waals surface area contributed by atoms with E-state index in [1.165, 1.54) is 6.07 Å². The number of halogens is 1. The predicted molar refractivity (Wildman–Crippen MR) is 57.6 cm³/mol. The van der Waals surface area contributed by atoms with Gasteiger partial charge in [0.2, 0.25) is 0 Å². The maximum atomic E-state index is 12.9. The van der Waals surface area contributed by atoms with Gasteiger partial charge < -0.3 is 5.32 Å². The van der Waals surface area contributed by atoms with Crippen molar-refractivity contribution < 1.29 is 4.39 Å². The summed E-state index contributed by atoms with van der Waals surface area (Å²) < 4.78 is 12.9. The molecule has 2 heteroatoms. The van der Waals surface area contributed by atoms with Gasteiger partial charge in [0.25, 0.3) is 0 Å². The Morgan fingerprint density at radius 3 is 2.93 bits per heavy atom. The van der Waals surface area contributed by atoms with Crippen molar-refractivity contribution in [1.29, 1.82) is 0 Å². The number of nitrogens with one attached hydrogen (secondary N) is 1. The zero-order valence-electron chi connectivity index (χ0n) is 8.46. The van der Waals surface area contributed by atoms with E-state index in [-0.39, 0.29) is 11.9 Å². The standard InChI is InChI=1S/C12H16FN/c1-3-8-14-12(4-2)10-6-5-7-11(13)9-10/h3,5-7,9,12,14H,1,4,8H2,2H3. The molecule has 0 aliphatic rings. The monoisotopic (exact) mass is 193 g/mol. The maximum absolute atomic E-state index is 12.9. The van der Waals surface area contributed by atoms with Crippen LogP contribution in [0.1, 0.15) is 24.9 Å². The summed E-state index contributed by atoms with van der Waals surface area (Å²) in [6.45, 7) is 6.46. The lowest BCUT2D eigenvalue weighted by Crippen LogP contribution is -2.20. The second-order valence-corrected chi connectivity index (χ2v) is 3.21.